The smallest absolute Gasteiger partial charge is 0.234 e. The van der Waals surface area contributed by atoms with E-state index in [1.807, 2.05) is 18.2 Å². The van der Waals surface area contributed by atoms with E-state index in [4.69, 9.17) is 4.74 Å². The van der Waals surface area contributed by atoms with Crippen molar-refractivity contribution in [3.63, 3.8) is 0 Å². The lowest BCUT2D eigenvalue weighted by Crippen LogP contribution is -2.53. The first-order valence-electron chi connectivity index (χ1n) is 11.0. The van der Waals surface area contributed by atoms with E-state index in [9.17, 15) is 9.18 Å². The van der Waals surface area contributed by atoms with E-state index < -0.39 is 0 Å². The number of nitrogens with one attached hydrogen (secondary N) is 1. The van der Waals surface area contributed by atoms with Crippen molar-refractivity contribution in [2.24, 2.45) is 11.8 Å². The fraction of sp³-hybridized carbons (Fsp3) is 0.565. The van der Waals surface area contributed by atoms with Gasteiger partial charge >= 0.3 is 0 Å². The monoisotopic (exact) mass is 412 g/mol. The summed E-state index contributed by atoms with van der Waals surface area (Å²) in [5, 5.41) is 4.13. The summed E-state index contributed by atoms with van der Waals surface area (Å²) in [5.74, 6) is 1.10. The molecule has 1 aromatic carbocycles. The van der Waals surface area contributed by atoms with E-state index in [0.717, 1.165) is 49.6 Å². The third kappa shape index (κ3) is 4.27. The number of morpholine rings is 1. The van der Waals surface area contributed by atoms with Gasteiger partial charge in [-0.15, -0.1) is 0 Å². The van der Waals surface area contributed by atoms with Gasteiger partial charge in [-0.2, -0.15) is 0 Å². The maximum atomic E-state index is 14.3. The number of ether oxygens (including phenoxy) is 1. The Morgan fingerprint density at radius 3 is 2.80 bits per heavy atom. The first-order chi connectivity index (χ1) is 14.7. The Morgan fingerprint density at radius 2 is 2.00 bits per heavy atom. The zero-order valence-corrected chi connectivity index (χ0v) is 17.2. The van der Waals surface area contributed by atoms with Crippen molar-refractivity contribution < 1.29 is 13.9 Å². The van der Waals surface area contributed by atoms with Crippen LogP contribution in [0.5, 0.6) is 0 Å². The topological polar surface area (TPSA) is 57.7 Å². The first kappa shape index (κ1) is 19.7. The lowest BCUT2D eigenvalue weighted by atomic mass is 9.89. The second-order valence-corrected chi connectivity index (χ2v) is 8.86. The second-order valence-electron chi connectivity index (χ2n) is 8.86. The standard InChI is InChI=1S/C23H29FN4O2/c24-20-5-6-21(19-2-1-7-25-23(19)20)28-13-17(16-3-4-16)12-18(14-28)26-22(29)15-27-8-10-30-11-9-27/h1-2,5-7,16-18H,3-4,8-15H2,(H,26,29). The van der Waals surface area contributed by atoms with E-state index in [1.165, 1.54) is 18.9 Å². The largest absolute Gasteiger partial charge is 0.379 e. The maximum absolute atomic E-state index is 14.3. The van der Waals surface area contributed by atoms with Crippen LogP contribution in [-0.4, -0.2) is 67.8 Å². The van der Waals surface area contributed by atoms with Crippen LogP contribution < -0.4 is 10.2 Å². The number of nitrogens with zero attached hydrogens (tertiary/aromatic N) is 3. The van der Waals surface area contributed by atoms with E-state index in [0.29, 0.717) is 31.2 Å². The number of fused-ring (bicyclic) bond motifs is 1. The van der Waals surface area contributed by atoms with E-state index >= 15 is 0 Å². The van der Waals surface area contributed by atoms with Crippen molar-refractivity contribution in [1.82, 2.24) is 15.2 Å². The van der Waals surface area contributed by atoms with Crippen LogP contribution in [0.4, 0.5) is 10.1 Å². The van der Waals surface area contributed by atoms with Crippen LogP contribution in [0.1, 0.15) is 19.3 Å². The lowest BCUT2D eigenvalue weighted by Gasteiger charge is -2.40. The highest BCUT2D eigenvalue weighted by Gasteiger charge is 2.38. The lowest BCUT2D eigenvalue weighted by molar-refractivity contribution is -0.124. The summed E-state index contributed by atoms with van der Waals surface area (Å²) in [6.45, 7) is 5.13. The number of hydrogen-bond acceptors (Lipinski definition) is 5. The van der Waals surface area contributed by atoms with Gasteiger partial charge in [-0.3, -0.25) is 14.7 Å². The van der Waals surface area contributed by atoms with Crippen LogP contribution in [0, 0.1) is 17.7 Å². The Morgan fingerprint density at radius 1 is 1.17 bits per heavy atom. The van der Waals surface area contributed by atoms with Gasteiger partial charge < -0.3 is 15.0 Å². The van der Waals surface area contributed by atoms with Crippen molar-refractivity contribution in [2.75, 3.05) is 50.8 Å². The Hall–Kier alpha value is -2.25. The van der Waals surface area contributed by atoms with E-state index in [1.54, 1.807) is 6.20 Å². The van der Waals surface area contributed by atoms with Gasteiger partial charge in [0, 0.05) is 49.5 Å². The molecule has 1 amide bonds. The van der Waals surface area contributed by atoms with Crippen molar-refractivity contribution >= 4 is 22.5 Å². The highest BCUT2D eigenvalue weighted by Crippen LogP contribution is 2.42. The number of carbonyl (C=O) groups excluding carboxylic acids is 1. The summed E-state index contributed by atoms with van der Waals surface area (Å²) in [6.07, 6.45) is 5.21. The first-order valence-corrected chi connectivity index (χ1v) is 11.0. The number of pyridine rings is 1. The van der Waals surface area contributed by atoms with Crippen molar-refractivity contribution in [2.45, 2.75) is 25.3 Å². The molecule has 3 heterocycles. The van der Waals surface area contributed by atoms with Crippen LogP contribution in [0.25, 0.3) is 10.9 Å². The molecule has 1 aromatic heterocycles. The van der Waals surface area contributed by atoms with Crippen LogP contribution in [0.3, 0.4) is 0 Å². The van der Waals surface area contributed by atoms with Crippen LogP contribution in [-0.2, 0) is 9.53 Å². The molecule has 5 rings (SSSR count). The van der Waals surface area contributed by atoms with Gasteiger partial charge in [-0.1, -0.05) is 0 Å². The number of amides is 1. The molecule has 0 radical (unpaired) electrons. The van der Waals surface area contributed by atoms with Gasteiger partial charge in [0.05, 0.1) is 19.8 Å². The van der Waals surface area contributed by atoms with Crippen molar-refractivity contribution in [3.8, 4) is 0 Å². The average Bonchev–Trinajstić information content (AvgIpc) is 3.60. The molecule has 2 aliphatic heterocycles. The van der Waals surface area contributed by atoms with Crippen molar-refractivity contribution in [3.05, 3.63) is 36.3 Å². The molecule has 3 fully saturated rings. The number of piperidine rings is 1. The number of hydrogen-bond donors (Lipinski definition) is 1. The number of carbonyl (C=O) groups is 1. The third-order valence-electron chi connectivity index (χ3n) is 6.65. The van der Waals surface area contributed by atoms with Crippen molar-refractivity contribution in [1.29, 1.82) is 0 Å². The minimum absolute atomic E-state index is 0.0870. The van der Waals surface area contributed by atoms with Gasteiger partial charge in [-0.25, -0.2) is 4.39 Å². The van der Waals surface area contributed by atoms with Gasteiger partial charge in [-0.05, 0) is 55.4 Å². The van der Waals surface area contributed by atoms with Gasteiger partial charge in [0.25, 0.3) is 0 Å². The predicted molar refractivity (Wildman–Crippen MR) is 114 cm³/mol. The van der Waals surface area contributed by atoms with Crippen LogP contribution in [0.2, 0.25) is 0 Å². The molecule has 1 saturated carbocycles. The molecule has 2 aromatic rings. The summed E-state index contributed by atoms with van der Waals surface area (Å²) in [5.41, 5.74) is 1.42. The number of benzene rings is 1. The molecule has 0 bridgehead atoms. The highest BCUT2D eigenvalue weighted by molar-refractivity contribution is 5.92. The summed E-state index contributed by atoms with van der Waals surface area (Å²) in [4.78, 5) is 21.4. The third-order valence-corrected chi connectivity index (χ3v) is 6.65. The predicted octanol–water partition coefficient (Wildman–Crippen LogP) is 2.43. The molecule has 6 nitrogen and oxygen atoms in total. The molecule has 160 valence electrons. The van der Waals surface area contributed by atoms with E-state index in [2.05, 4.69) is 20.1 Å². The molecule has 2 saturated heterocycles. The Labute approximate surface area is 176 Å². The van der Waals surface area contributed by atoms with Crippen LogP contribution >= 0.6 is 0 Å². The van der Waals surface area contributed by atoms with Crippen LogP contribution in [0.15, 0.2) is 30.5 Å². The zero-order chi connectivity index (χ0) is 20.5. The minimum Gasteiger partial charge on any atom is -0.379 e. The molecule has 2 unspecified atom stereocenters. The minimum atomic E-state index is -0.291. The molecular formula is C23H29FN4O2. The number of aromatic nitrogens is 1. The number of halogens is 1. The summed E-state index contributed by atoms with van der Waals surface area (Å²) in [7, 11) is 0. The van der Waals surface area contributed by atoms with Gasteiger partial charge in [0.2, 0.25) is 5.91 Å². The quantitative estimate of drug-likeness (QED) is 0.818. The molecule has 1 aliphatic carbocycles. The molecule has 1 N–H and O–H groups in total. The molecule has 0 spiro atoms. The normalized spacial score (nSPS) is 25.4. The molecule has 30 heavy (non-hydrogen) atoms. The van der Waals surface area contributed by atoms with Gasteiger partial charge in [0.1, 0.15) is 11.3 Å². The average molecular weight is 413 g/mol. The summed E-state index contributed by atoms with van der Waals surface area (Å²) >= 11 is 0. The zero-order valence-electron chi connectivity index (χ0n) is 17.2. The fourth-order valence-electron chi connectivity index (χ4n) is 4.98. The van der Waals surface area contributed by atoms with E-state index in [-0.39, 0.29) is 17.8 Å². The molecular weight excluding hydrogens is 383 g/mol. The second kappa shape index (κ2) is 8.47. The maximum Gasteiger partial charge on any atom is 0.234 e. The number of anilines is 1. The fourth-order valence-corrected chi connectivity index (χ4v) is 4.98. The number of rotatable bonds is 5. The SMILES string of the molecule is O=C(CN1CCOCC1)NC1CC(C2CC2)CN(c2ccc(F)c3ncccc23)C1. The summed E-state index contributed by atoms with van der Waals surface area (Å²) in [6, 6.07) is 7.27. The van der Waals surface area contributed by atoms with Gasteiger partial charge in [0.15, 0.2) is 0 Å². The molecule has 2 atom stereocenters. The highest BCUT2D eigenvalue weighted by atomic mass is 19.1. The molecule has 7 heteroatoms. The summed E-state index contributed by atoms with van der Waals surface area (Å²) < 4.78 is 19.6. The Kier molecular flexibility index (Phi) is 5.56. The molecule has 3 aliphatic rings. The Balaban J connectivity index is 1.33. The Bertz CT molecular complexity index is 913.